The van der Waals surface area contributed by atoms with Crippen LogP contribution in [0, 0.1) is 5.92 Å². The summed E-state index contributed by atoms with van der Waals surface area (Å²) in [5.74, 6) is -1.19. The van der Waals surface area contributed by atoms with Gasteiger partial charge in [-0.25, -0.2) is 4.79 Å². The first-order chi connectivity index (χ1) is 11.8. The van der Waals surface area contributed by atoms with Crippen LogP contribution in [0.3, 0.4) is 0 Å². The molecule has 0 aromatic heterocycles. The van der Waals surface area contributed by atoms with Crippen LogP contribution in [-0.2, 0) is 4.79 Å². The molecule has 2 atom stereocenters. The van der Waals surface area contributed by atoms with Crippen molar-refractivity contribution in [2.75, 3.05) is 26.2 Å². The molecular weight excluding hydrogens is 466 g/mol. The van der Waals surface area contributed by atoms with Gasteiger partial charge in [0.2, 0.25) is 5.91 Å². The van der Waals surface area contributed by atoms with Crippen molar-refractivity contribution in [3.05, 3.63) is 0 Å². The first-order valence-corrected chi connectivity index (χ1v) is 8.51. The molecule has 3 amide bonds. The van der Waals surface area contributed by atoms with Crippen LogP contribution in [0.4, 0.5) is 18.0 Å². The summed E-state index contributed by atoms with van der Waals surface area (Å²) in [4.78, 5) is 28.3. The van der Waals surface area contributed by atoms with Gasteiger partial charge in [-0.3, -0.25) is 14.7 Å². The fraction of sp³-hybridized carbons (Fsp3) is 0.800. The van der Waals surface area contributed by atoms with E-state index in [4.69, 9.17) is 0 Å². The van der Waals surface area contributed by atoms with Gasteiger partial charge in [0.1, 0.15) is 0 Å². The van der Waals surface area contributed by atoms with Crippen LogP contribution >= 0.6 is 24.0 Å². The van der Waals surface area contributed by atoms with E-state index in [1.807, 2.05) is 6.92 Å². The maximum absolute atomic E-state index is 12.9. The summed E-state index contributed by atoms with van der Waals surface area (Å²) in [6.45, 7) is 2.72. The van der Waals surface area contributed by atoms with Crippen LogP contribution in [-0.4, -0.2) is 61.2 Å². The molecule has 0 aromatic rings. The van der Waals surface area contributed by atoms with E-state index in [-0.39, 0.29) is 68.4 Å². The average Bonchev–Trinajstić information content (AvgIpc) is 2.86. The number of hydrogen-bond donors (Lipinski definition) is 3. The number of urea groups is 1. The Morgan fingerprint density at radius 3 is 2.65 bits per heavy atom. The molecule has 3 N–H and O–H groups in total. The van der Waals surface area contributed by atoms with Crippen molar-refractivity contribution < 1.29 is 22.8 Å². The predicted molar refractivity (Wildman–Crippen MR) is 101 cm³/mol. The number of carbonyl (C=O) groups is 2. The lowest BCUT2D eigenvalue weighted by Crippen LogP contribution is -2.47. The van der Waals surface area contributed by atoms with Gasteiger partial charge in [0.05, 0.1) is 25.6 Å². The highest BCUT2D eigenvalue weighted by Gasteiger charge is 2.42. The number of nitrogens with zero attached hydrogens (tertiary/aromatic N) is 2. The molecule has 0 aromatic carbocycles. The lowest BCUT2D eigenvalue weighted by atomic mass is 9.85. The van der Waals surface area contributed by atoms with E-state index in [9.17, 15) is 22.8 Å². The topological polar surface area (TPSA) is 85.8 Å². The van der Waals surface area contributed by atoms with Crippen LogP contribution in [0.25, 0.3) is 0 Å². The highest BCUT2D eigenvalue weighted by atomic mass is 127. The van der Waals surface area contributed by atoms with Crippen LogP contribution in [0.2, 0.25) is 0 Å². The predicted octanol–water partition coefficient (Wildman–Crippen LogP) is 1.83. The second-order valence-corrected chi connectivity index (χ2v) is 6.21. The molecule has 2 rings (SSSR count). The van der Waals surface area contributed by atoms with E-state index >= 15 is 0 Å². The normalized spacial score (nSPS) is 24.2. The van der Waals surface area contributed by atoms with E-state index in [0.29, 0.717) is 25.3 Å². The quantitative estimate of drug-likeness (QED) is 0.237. The van der Waals surface area contributed by atoms with Gasteiger partial charge in [0.25, 0.3) is 0 Å². The fourth-order valence-corrected chi connectivity index (χ4v) is 3.07. The molecule has 150 valence electrons. The van der Waals surface area contributed by atoms with Gasteiger partial charge in [-0.05, 0) is 26.2 Å². The Morgan fingerprint density at radius 2 is 2.08 bits per heavy atom. The molecular formula is C15H25F3IN5O2. The summed E-state index contributed by atoms with van der Waals surface area (Å²) in [6.07, 6.45) is -2.80. The van der Waals surface area contributed by atoms with Crippen LogP contribution in [0.1, 0.15) is 32.6 Å². The molecule has 7 nitrogen and oxygen atoms in total. The largest absolute Gasteiger partial charge is 0.391 e. The Kier molecular flexibility index (Phi) is 8.90. The van der Waals surface area contributed by atoms with Crippen molar-refractivity contribution in [2.45, 2.75) is 44.8 Å². The summed E-state index contributed by atoms with van der Waals surface area (Å²) in [5.41, 5.74) is 0. The Labute approximate surface area is 167 Å². The van der Waals surface area contributed by atoms with Gasteiger partial charge >= 0.3 is 12.2 Å². The molecule has 1 aliphatic heterocycles. The van der Waals surface area contributed by atoms with E-state index in [0.717, 1.165) is 4.90 Å². The fourth-order valence-electron chi connectivity index (χ4n) is 3.07. The van der Waals surface area contributed by atoms with Crippen LogP contribution < -0.4 is 16.0 Å². The highest BCUT2D eigenvalue weighted by Crippen LogP contribution is 2.37. The third-order valence-electron chi connectivity index (χ3n) is 4.35. The van der Waals surface area contributed by atoms with Gasteiger partial charge in [-0.2, -0.15) is 13.2 Å². The summed E-state index contributed by atoms with van der Waals surface area (Å²) in [5, 5.41) is 8.45. The van der Waals surface area contributed by atoms with E-state index in [1.54, 1.807) is 0 Å². The third-order valence-corrected chi connectivity index (χ3v) is 4.35. The third kappa shape index (κ3) is 6.47. The Hall–Kier alpha value is -1.27. The number of rotatable bonds is 5. The maximum Gasteiger partial charge on any atom is 0.391 e. The molecule has 2 aliphatic rings. The lowest BCUT2D eigenvalue weighted by molar-refractivity contribution is -0.183. The minimum atomic E-state index is -4.17. The standard InChI is InChI=1S/C15H24F3N5O2.HI/c1-2-19-13(20-6-7-23-12(24)9-21-14(23)25)22-11-5-3-4-10(8-11)15(16,17)18;/h10-11H,2-9H2,1H3,(H,21,25)(H2,19,20,22);1H. The van der Waals surface area contributed by atoms with Gasteiger partial charge < -0.3 is 16.0 Å². The Balaban J connectivity index is 0.00000338. The monoisotopic (exact) mass is 491 g/mol. The number of nitrogens with one attached hydrogen (secondary N) is 3. The zero-order valence-electron chi connectivity index (χ0n) is 14.6. The van der Waals surface area contributed by atoms with Gasteiger partial charge in [-0.1, -0.05) is 6.42 Å². The number of carbonyl (C=O) groups excluding carboxylic acids is 2. The second kappa shape index (κ2) is 10.2. The number of aliphatic imine (C=N–C) groups is 1. The molecule has 0 bridgehead atoms. The van der Waals surface area contributed by atoms with Crippen LogP contribution in [0.5, 0.6) is 0 Å². The average molecular weight is 491 g/mol. The zero-order chi connectivity index (χ0) is 18.4. The van der Waals surface area contributed by atoms with E-state index in [2.05, 4.69) is 20.9 Å². The molecule has 2 unspecified atom stereocenters. The number of imide groups is 1. The number of alkyl halides is 3. The molecule has 26 heavy (non-hydrogen) atoms. The molecule has 11 heteroatoms. The van der Waals surface area contributed by atoms with Gasteiger partial charge in [0, 0.05) is 12.6 Å². The van der Waals surface area contributed by atoms with Gasteiger partial charge in [0.15, 0.2) is 5.96 Å². The van der Waals surface area contributed by atoms with E-state index in [1.165, 1.54) is 0 Å². The number of halogens is 4. The molecule has 2 fully saturated rings. The smallest absolute Gasteiger partial charge is 0.357 e. The number of amides is 3. The highest BCUT2D eigenvalue weighted by molar-refractivity contribution is 14.0. The molecule has 1 saturated heterocycles. The van der Waals surface area contributed by atoms with Crippen molar-refractivity contribution in [1.82, 2.24) is 20.9 Å². The maximum atomic E-state index is 12.9. The van der Waals surface area contributed by atoms with Crippen molar-refractivity contribution in [1.29, 1.82) is 0 Å². The summed E-state index contributed by atoms with van der Waals surface area (Å²) >= 11 is 0. The molecule has 1 saturated carbocycles. The van der Waals surface area contributed by atoms with Crippen molar-refractivity contribution >= 4 is 41.9 Å². The van der Waals surface area contributed by atoms with Crippen molar-refractivity contribution in [3.8, 4) is 0 Å². The Morgan fingerprint density at radius 1 is 1.35 bits per heavy atom. The SMILES string of the molecule is CCNC(=NCCN1C(=O)CNC1=O)NC1CCCC(C(F)(F)F)C1.I. The zero-order valence-corrected chi connectivity index (χ0v) is 16.9. The van der Waals surface area contributed by atoms with E-state index < -0.39 is 18.1 Å². The molecule has 0 spiro atoms. The number of hydrogen-bond acceptors (Lipinski definition) is 3. The van der Waals surface area contributed by atoms with Crippen LogP contribution in [0.15, 0.2) is 4.99 Å². The molecule has 1 heterocycles. The summed E-state index contributed by atoms with van der Waals surface area (Å²) in [7, 11) is 0. The minimum Gasteiger partial charge on any atom is -0.357 e. The summed E-state index contributed by atoms with van der Waals surface area (Å²) in [6, 6.07) is -0.742. The number of guanidine groups is 1. The molecule has 1 aliphatic carbocycles. The van der Waals surface area contributed by atoms with Gasteiger partial charge in [-0.15, -0.1) is 24.0 Å². The molecule has 0 radical (unpaired) electrons. The second-order valence-electron chi connectivity index (χ2n) is 6.21. The Bertz CT molecular complexity index is 514. The lowest BCUT2D eigenvalue weighted by Gasteiger charge is -2.32. The first kappa shape index (κ1) is 22.8. The first-order valence-electron chi connectivity index (χ1n) is 8.51. The van der Waals surface area contributed by atoms with Crippen molar-refractivity contribution in [2.24, 2.45) is 10.9 Å². The summed E-state index contributed by atoms with van der Waals surface area (Å²) < 4.78 is 38.7. The van der Waals surface area contributed by atoms with Crippen molar-refractivity contribution in [3.63, 3.8) is 0 Å². The minimum absolute atomic E-state index is 0.